The molecule has 0 atom stereocenters. The molecule has 1 aromatic heterocycles. The number of nitrogens with zero attached hydrogens (tertiary/aromatic N) is 2. The molecule has 0 fully saturated rings. The van der Waals surface area contributed by atoms with E-state index in [1.54, 1.807) is 17.9 Å². The van der Waals surface area contributed by atoms with Crippen LogP contribution in [0.3, 0.4) is 0 Å². The first-order valence-electron chi connectivity index (χ1n) is 2.61. The molecule has 0 aliphatic rings. The molecule has 10 heavy (non-hydrogen) atoms. The minimum Gasteiger partial charge on any atom is -0.370 e. The maximum Gasteiger partial charge on any atom is 0.166 e. The minimum absolute atomic E-state index is 0. The highest BCUT2D eigenvalue weighted by Crippen LogP contribution is 2.16. The van der Waals surface area contributed by atoms with Gasteiger partial charge in [0, 0.05) is 20.3 Å². The lowest BCUT2D eigenvalue weighted by Gasteiger charge is -1.89. The lowest BCUT2D eigenvalue weighted by Crippen LogP contribution is -1.91. The summed E-state index contributed by atoms with van der Waals surface area (Å²) in [7, 11) is 3.61. The fourth-order valence-electron chi connectivity index (χ4n) is 0.629. The van der Waals surface area contributed by atoms with Crippen LogP contribution >= 0.6 is 24.0 Å². The zero-order chi connectivity index (χ0) is 6.85. The predicted molar refractivity (Wildman–Crippen MR) is 45.0 cm³/mol. The Hall–Kier alpha value is -0.410. The Morgan fingerprint density at radius 1 is 1.70 bits per heavy atom. The van der Waals surface area contributed by atoms with E-state index in [-0.39, 0.29) is 12.4 Å². The molecule has 5 heteroatoms. The van der Waals surface area contributed by atoms with Crippen LogP contribution in [0.5, 0.6) is 0 Å². The largest absolute Gasteiger partial charge is 0.370 e. The summed E-state index contributed by atoms with van der Waals surface area (Å²) >= 11 is 5.70. The Bertz CT molecular complexity index is 209. The fourth-order valence-corrected chi connectivity index (χ4v) is 0.902. The highest BCUT2D eigenvalue weighted by Gasteiger charge is 1.99. The highest BCUT2D eigenvalue weighted by molar-refractivity contribution is 6.32. The summed E-state index contributed by atoms with van der Waals surface area (Å²) < 4.78 is 1.66. The van der Waals surface area contributed by atoms with Gasteiger partial charge in [-0.15, -0.1) is 12.4 Å². The van der Waals surface area contributed by atoms with Gasteiger partial charge in [-0.05, 0) is 0 Å². The van der Waals surface area contributed by atoms with Crippen LogP contribution in [0, 0.1) is 0 Å². The number of aromatic nitrogens is 2. The van der Waals surface area contributed by atoms with Crippen molar-refractivity contribution in [2.24, 2.45) is 7.05 Å². The van der Waals surface area contributed by atoms with E-state index in [0.29, 0.717) is 5.02 Å². The van der Waals surface area contributed by atoms with E-state index in [4.69, 9.17) is 11.6 Å². The number of rotatable bonds is 1. The van der Waals surface area contributed by atoms with Crippen molar-refractivity contribution >= 4 is 29.8 Å². The van der Waals surface area contributed by atoms with Crippen LogP contribution in [0.25, 0.3) is 0 Å². The first kappa shape index (κ1) is 9.59. The Labute approximate surface area is 70.8 Å². The molecule has 58 valence electrons. The summed E-state index contributed by atoms with van der Waals surface area (Å²) in [5, 5.41) is 7.51. The van der Waals surface area contributed by atoms with E-state index < -0.39 is 0 Å². The molecule has 0 unspecified atom stereocenters. The van der Waals surface area contributed by atoms with Crippen LogP contribution in [0.2, 0.25) is 5.02 Å². The quantitative estimate of drug-likeness (QED) is 0.713. The molecule has 0 aliphatic heterocycles. The fraction of sp³-hybridized carbons (Fsp3) is 0.400. The van der Waals surface area contributed by atoms with Gasteiger partial charge in [0.25, 0.3) is 0 Å². The second-order valence-corrected chi connectivity index (χ2v) is 2.16. The van der Waals surface area contributed by atoms with Crippen molar-refractivity contribution in [3.63, 3.8) is 0 Å². The van der Waals surface area contributed by atoms with E-state index in [0.717, 1.165) is 5.82 Å². The van der Waals surface area contributed by atoms with Crippen molar-refractivity contribution in [1.82, 2.24) is 9.78 Å². The Morgan fingerprint density at radius 2 is 2.30 bits per heavy atom. The van der Waals surface area contributed by atoms with E-state index in [1.165, 1.54) is 0 Å². The van der Waals surface area contributed by atoms with Gasteiger partial charge in [0.1, 0.15) is 5.02 Å². The monoisotopic (exact) mass is 181 g/mol. The molecule has 0 spiro atoms. The van der Waals surface area contributed by atoms with Crippen molar-refractivity contribution in [2.45, 2.75) is 0 Å². The molecular formula is C5H9Cl2N3. The number of aryl methyl sites for hydroxylation is 1. The third-order valence-corrected chi connectivity index (χ3v) is 1.30. The summed E-state index contributed by atoms with van der Waals surface area (Å²) in [4.78, 5) is 0. The number of anilines is 1. The van der Waals surface area contributed by atoms with Gasteiger partial charge < -0.3 is 5.32 Å². The average Bonchev–Trinajstić information content (AvgIpc) is 2.10. The first-order chi connectivity index (χ1) is 4.24. The summed E-state index contributed by atoms with van der Waals surface area (Å²) in [6.45, 7) is 0. The Balaban J connectivity index is 0.000000810. The van der Waals surface area contributed by atoms with Gasteiger partial charge in [-0.1, -0.05) is 11.6 Å². The SMILES string of the molecule is CNc1nn(C)cc1Cl.Cl. The molecular weight excluding hydrogens is 173 g/mol. The summed E-state index contributed by atoms with van der Waals surface area (Å²) in [6, 6.07) is 0. The van der Waals surface area contributed by atoms with Crippen LogP contribution in [0.15, 0.2) is 6.20 Å². The normalized spacial score (nSPS) is 8.70. The molecule has 0 aromatic carbocycles. The molecule has 0 amide bonds. The van der Waals surface area contributed by atoms with Gasteiger partial charge in [-0.25, -0.2) is 0 Å². The number of hydrogen-bond acceptors (Lipinski definition) is 2. The Kier molecular flexibility index (Phi) is 3.53. The van der Waals surface area contributed by atoms with Gasteiger partial charge in [-0.2, -0.15) is 5.10 Å². The van der Waals surface area contributed by atoms with Crippen molar-refractivity contribution < 1.29 is 0 Å². The number of hydrogen-bond donors (Lipinski definition) is 1. The first-order valence-corrected chi connectivity index (χ1v) is 2.98. The molecule has 1 rings (SSSR count). The molecule has 3 nitrogen and oxygen atoms in total. The van der Waals surface area contributed by atoms with E-state index >= 15 is 0 Å². The lowest BCUT2D eigenvalue weighted by atomic mass is 10.6. The second kappa shape index (κ2) is 3.68. The van der Waals surface area contributed by atoms with E-state index in [9.17, 15) is 0 Å². The topological polar surface area (TPSA) is 29.9 Å². The maximum atomic E-state index is 5.70. The molecule has 0 radical (unpaired) electrons. The van der Waals surface area contributed by atoms with Gasteiger partial charge in [-0.3, -0.25) is 4.68 Å². The Morgan fingerprint density at radius 3 is 2.50 bits per heavy atom. The molecule has 0 saturated carbocycles. The van der Waals surface area contributed by atoms with Gasteiger partial charge in [0.2, 0.25) is 0 Å². The smallest absolute Gasteiger partial charge is 0.166 e. The van der Waals surface area contributed by atoms with Crippen LogP contribution in [0.1, 0.15) is 0 Å². The molecule has 0 bridgehead atoms. The summed E-state index contributed by atoms with van der Waals surface area (Å²) in [5.74, 6) is 0.721. The van der Waals surface area contributed by atoms with E-state index in [2.05, 4.69) is 10.4 Å². The standard InChI is InChI=1S/C5H8ClN3.ClH/c1-7-5-4(6)3-9(2)8-5;/h3H,1-2H3,(H,7,8);1H. The summed E-state index contributed by atoms with van der Waals surface area (Å²) in [5.41, 5.74) is 0. The zero-order valence-corrected chi connectivity index (χ0v) is 7.33. The van der Waals surface area contributed by atoms with Crippen LogP contribution in [-0.2, 0) is 7.05 Å². The molecule has 1 heterocycles. The van der Waals surface area contributed by atoms with Crippen molar-refractivity contribution in [3.8, 4) is 0 Å². The lowest BCUT2D eigenvalue weighted by molar-refractivity contribution is 0.770. The number of halogens is 2. The van der Waals surface area contributed by atoms with E-state index in [1.807, 2.05) is 7.05 Å². The van der Waals surface area contributed by atoms with Gasteiger partial charge >= 0.3 is 0 Å². The average molecular weight is 182 g/mol. The van der Waals surface area contributed by atoms with Crippen LogP contribution < -0.4 is 5.32 Å². The second-order valence-electron chi connectivity index (χ2n) is 1.75. The van der Waals surface area contributed by atoms with Crippen LogP contribution in [-0.4, -0.2) is 16.8 Å². The molecule has 1 N–H and O–H groups in total. The molecule has 1 aromatic rings. The molecule has 0 aliphatic carbocycles. The molecule has 0 saturated heterocycles. The minimum atomic E-state index is 0. The highest BCUT2D eigenvalue weighted by atomic mass is 35.5. The summed E-state index contributed by atoms with van der Waals surface area (Å²) in [6.07, 6.45) is 1.74. The van der Waals surface area contributed by atoms with Crippen molar-refractivity contribution in [1.29, 1.82) is 0 Å². The number of nitrogens with one attached hydrogen (secondary N) is 1. The predicted octanol–water partition coefficient (Wildman–Crippen LogP) is 1.54. The zero-order valence-electron chi connectivity index (χ0n) is 5.76. The van der Waals surface area contributed by atoms with Gasteiger partial charge in [0.05, 0.1) is 0 Å². The van der Waals surface area contributed by atoms with Crippen LogP contribution in [0.4, 0.5) is 5.82 Å². The van der Waals surface area contributed by atoms with Crippen molar-refractivity contribution in [3.05, 3.63) is 11.2 Å². The van der Waals surface area contributed by atoms with Gasteiger partial charge in [0.15, 0.2) is 5.82 Å². The maximum absolute atomic E-state index is 5.70. The van der Waals surface area contributed by atoms with Crippen molar-refractivity contribution in [2.75, 3.05) is 12.4 Å². The third kappa shape index (κ3) is 1.78. The third-order valence-electron chi connectivity index (χ3n) is 1.02.